The van der Waals surface area contributed by atoms with Gasteiger partial charge in [0.25, 0.3) is 0 Å². The van der Waals surface area contributed by atoms with E-state index in [1.54, 1.807) is 12.3 Å². The average molecular weight is 394 g/mol. The summed E-state index contributed by atoms with van der Waals surface area (Å²) in [6.45, 7) is 0. The van der Waals surface area contributed by atoms with Gasteiger partial charge < -0.3 is 5.32 Å². The number of H-pyrrole nitrogens is 1. The van der Waals surface area contributed by atoms with Crippen molar-refractivity contribution in [3.63, 3.8) is 0 Å². The number of aromatic nitrogens is 3. The first kappa shape index (κ1) is 19.6. The fourth-order valence-electron chi connectivity index (χ4n) is 4.12. The van der Waals surface area contributed by atoms with Crippen LogP contribution in [0.1, 0.15) is 56.2 Å². The first-order chi connectivity index (χ1) is 14.2. The Bertz CT molecular complexity index is 978. The predicted octanol–water partition coefficient (Wildman–Crippen LogP) is 4.98. The molecule has 2 heterocycles. The van der Waals surface area contributed by atoms with Gasteiger partial charge in [-0.15, -0.1) is 0 Å². The zero-order valence-electron chi connectivity index (χ0n) is 16.6. The SMILES string of the molecule is O=C(CCc1cccc(F)c1)CCc1[nH]nc2ccnc(NC3CCCCC3)c12. The quantitative estimate of drug-likeness (QED) is 0.565. The van der Waals surface area contributed by atoms with Gasteiger partial charge in [-0.05, 0) is 49.4 Å². The Morgan fingerprint density at radius 3 is 2.79 bits per heavy atom. The second-order valence-electron chi connectivity index (χ2n) is 7.90. The highest BCUT2D eigenvalue weighted by Crippen LogP contribution is 2.27. The van der Waals surface area contributed by atoms with Gasteiger partial charge in [0.2, 0.25) is 0 Å². The van der Waals surface area contributed by atoms with Crippen molar-refractivity contribution in [1.29, 1.82) is 0 Å². The standard InChI is InChI=1S/C23H27FN4O/c24-17-6-4-5-16(15-17)9-10-19(29)11-12-20-22-21(28-27-20)13-14-25-23(22)26-18-7-2-1-3-8-18/h4-6,13-15,18H,1-3,7-12H2,(H,25,26)(H,27,28). The number of carbonyl (C=O) groups excluding carboxylic acids is 1. The molecule has 0 amide bonds. The van der Waals surface area contributed by atoms with E-state index in [2.05, 4.69) is 20.5 Å². The molecular formula is C23H27FN4O. The number of halogens is 1. The molecule has 1 saturated carbocycles. The Morgan fingerprint density at radius 2 is 1.97 bits per heavy atom. The van der Waals surface area contributed by atoms with Crippen molar-refractivity contribution in [1.82, 2.24) is 15.2 Å². The van der Waals surface area contributed by atoms with Crippen LogP contribution in [0.15, 0.2) is 36.5 Å². The third-order valence-corrected chi connectivity index (χ3v) is 5.72. The van der Waals surface area contributed by atoms with Gasteiger partial charge in [0.05, 0.1) is 10.9 Å². The second-order valence-corrected chi connectivity index (χ2v) is 7.90. The number of fused-ring (bicyclic) bond motifs is 1. The van der Waals surface area contributed by atoms with Gasteiger partial charge in [0, 0.05) is 30.8 Å². The molecule has 2 aromatic heterocycles. The van der Waals surface area contributed by atoms with Crippen molar-refractivity contribution in [3.8, 4) is 0 Å². The summed E-state index contributed by atoms with van der Waals surface area (Å²) in [6.07, 6.45) is 9.96. The van der Waals surface area contributed by atoms with E-state index in [0.717, 1.165) is 28.0 Å². The van der Waals surface area contributed by atoms with Gasteiger partial charge in [0.15, 0.2) is 0 Å². The van der Waals surface area contributed by atoms with Crippen LogP contribution in [0, 0.1) is 5.82 Å². The smallest absolute Gasteiger partial charge is 0.137 e. The maximum Gasteiger partial charge on any atom is 0.137 e. The topological polar surface area (TPSA) is 70.7 Å². The first-order valence-electron chi connectivity index (χ1n) is 10.5. The summed E-state index contributed by atoms with van der Waals surface area (Å²) in [6, 6.07) is 8.80. The number of ketones is 1. The van der Waals surface area contributed by atoms with Gasteiger partial charge in [-0.25, -0.2) is 9.37 Å². The summed E-state index contributed by atoms with van der Waals surface area (Å²) in [5.74, 6) is 0.775. The zero-order valence-corrected chi connectivity index (χ0v) is 16.6. The molecule has 29 heavy (non-hydrogen) atoms. The fraction of sp³-hybridized carbons (Fsp3) is 0.435. The number of aromatic amines is 1. The lowest BCUT2D eigenvalue weighted by Crippen LogP contribution is -2.23. The van der Waals surface area contributed by atoms with Crippen LogP contribution in [0.25, 0.3) is 10.9 Å². The monoisotopic (exact) mass is 394 g/mol. The largest absolute Gasteiger partial charge is 0.367 e. The lowest BCUT2D eigenvalue weighted by atomic mass is 9.95. The second kappa shape index (κ2) is 9.16. The number of nitrogens with zero attached hydrogens (tertiary/aromatic N) is 2. The van der Waals surface area contributed by atoms with Crippen LogP contribution in [-0.4, -0.2) is 27.0 Å². The molecule has 0 aliphatic heterocycles. The summed E-state index contributed by atoms with van der Waals surface area (Å²) in [7, 11) is 0. The van der Waals surface area contributed by atoms with Gasteiger partial charge in [-0.3, -0.25) is 9.89 Å². The maximum atomic E-state index is 13.3. The predicted molar refractivity (Wildman–Crippen MR) is 112 cm³/mol. The summed E-state index contributed by atoms with van der Waals surface area (Å²) in [4.78, 5) is 16.9. The molecule has 0 spiro atoms. The highest BCUT2D eigenvalue weighted by atomic mass is 19.1. The molecule has 1 aliphatic carbocycles. The summed E-state index contributed by atoms with van der Waals surface area (Å²) >= 11 is 0. The highest BCUT2D eigenvalue weighted by molar-refractivity contribution is 5.92. The van der Waals surface area contributed by atoms with Crippen molar-refractivity contribution >= 4 is 22.5 Å². The Morgan fingerprint density at radius 1 is 1.14 bits per heavy atom. The fourth-order valence-corrected chi connectivity index (χ4v) is 4.12. The van der Waals surface area contributed by atoms with E-state index in [4.69, 9.17) is 0 Å². The molecule has 1 aliphatic rings. The van der Waals surface area contributed by atoms with E-state index in [-0.39, 0.29) is 11.6 Å². The molecule has 152 valence electrons. The van der Waals surface area contributed by atoms with E-state index in [0.29, 0.717) is 31.7 Å². The van der Waals surface area contributed by atoms with Crippen LogP contribution < -0.4 is 5.32 Å². The third-order valence-electron chi connectivity index (χ3n) is 5.72. The van der Waals surface area contributed by atoms with Gasteiger partial charge >= 0.3 is 0 Å². The van der Waals surface area contributed by atoms with E-state index < -0.39 is 0 Å². The number of aryl methyl sites for hydroxylation is 2. The molecule has 2 N–H and O–H groups in total. The Hall–Kier alpha value is -2.76. The van der Waals surface area contributed by atoms with Crippen LogP contribution in [0.4, 0.5) is 10.2 Å². The number of nitrogens with one attached hydrogen (secondary N) is 2. The van der Waals surface area contributed by atoms with Crippen LogP contribution in [0.5, 0.6) is 0 Å². The van der Waals surface area contributed by atoms with E-state index in [1.165, 1.54) is 44.2 Å². The van der Waals surface area contributed by atoms with Crippen molar-refractivity contribution < 1.29 is 9.18 Å². The molecule has 0 radical (unpaired) electrons. The van der Waals surface area contributed by atoms with E-state index in [9.17, 15) is 9.18 Å². The number of hydrogen-bond donors (Lipinski definition) is 2. The van der Waals surface area contributed by atoms with Crippen LogP contribution in [0.2, 0.25) is 0 Å². The first-order valence-corrected chi connectivity index (χ1v) is 10.5. The minimum atomic E-state index is -0.260. The number of pyridine rings is 1. The van der Waals surface area contributed by atoms with Crippen molar-refractivity contribution in [2.75, 3.05) is 5.32 Å². The Kier molecular flexibility index (Phi) is 6.17. The number of carbonyl (C=O) groups is 1. The van der Waals surface area contributed by atoms with Crippen molar-refractivity contribution in [2.45, 2.75) is 63.8 Å². The number of rotatable bonds is 8. The molecule has 5 nitrogen and oxygen atoms in total. The normalized spacial score (nSPS) is 14.9. The molecule has 3 aromatic rings. The molecule has 0 saturated heterocycles. The minimum absolute atomic E-state index is 0.169. The molecule has 6 heteroatoms. The highest BCUT2D eigenvalue weighted by Gasteiger charge is 2.18. The summed E-state index contributed by atoms with van der Waals surface area (Å²) in [5, 5.41) is 12.1. The van der Waals surface area contributed by atoms with Crippen LogP contribution >= 0.6 is 0 Å². The maximum absolute atomic E-state index is 13.3. The van der Waals surface area contributed by atoms with Gasteiger partial charge in [-0.2, -0.15) is 5.10 Å². The number of hydrogen-bond acceptors (Lipinski definition) is 4. The van der Waals surface area contributed by atoms with E-state index in [1.807, 2.05) is 12.1 Å². The van der Waals surface area contributed by atoms with Crippen molar-refractivity contribution in [2.24, 2.45) is 0 Å². The zero-order chi connectivity index (χ0) is 20.1. The lowest BCUT2D eigenvalue weighted by molar-refractivity contribution is -0.119. The van der Waals surface area contributed by atoms with E-state index >= 15 is 0 Å². The van der Waals surface area contributed by atoms with Crippen molar-refractivity contribution in [3.05, 3.63) is 53.6 Å². The van der Waals surface area contributed by atoms with Gasteiger partial charge in [0.1, 0.15) is 17.4 Å². The Labute approximate surface area is 170 Å². The summed E-state index contributed by atoms with van der Waals surface area (Å²) in [5.41, 5.74) is 2.68. The molecule has 0 bridgehead atoms. The molecular weight excluding hydrogens is 367 g/mol. The molecule has 1 aromatic carbocycles. The van der Waals surface area contributed by atoms with Crippen LogP contribution in [-0.2, 0) is 17.6 Å². The molecule has 4 rings (SSSR count). The Balaban J connectivity index is 1.39. The average Bonchev–Trinajstić information content (AvgIpc) is 3.16. The third kappa shape index (κ3) is 5.00. The number of benzene rings is 1. The lowest BCUT2D eigenvalue weighted by Gasteiger charge is -2.23. The number of Topliss-reactive ketones (excluding diaryl/α,β-unsaturated/α-hetero) is 1. The van der Waals surface area contributed by atoms with Gasteiger partial charge in [-0.1, -0.05) is 31.4 Å². The molecule has 1 fully saturated rings. The number of anilines is 1. The molecule has 0 unspecified atom stereocenters. The minimum Gasteiger partial charge on any atom is -0.367 e. The van der Waals surface area contributed by atoms with Crippen LogP contribution in [0.3, 0.4) is 0 Å². The summed E-state index contributed by atoms with van der Waals surface area (Å²) < 4.78 is 13.3. The molecule has 0 atom stereocenters.